The minimum absolute atomic E-state index is 0.0541. The summed E-state index contributed by atoms with van der Waals surface area (Å²) in [6, 6.07) is 0. The second-order valence-corrected chi connectivity index (χ2v) is 13.8. The molecule has 0 aromatic heterocycles. The highest BCUT2D eigenvalue weighted by atomic mass is 16.6. The lowest BCUT2D eigenvalue weighted by molar-refractivity contribution is -0.187. The zero-order valence-electron chi connectivity index (χ0n) is 22.5. The molecule has 0 aromatic rings. The van der Waals surface area contributed by atoms with Crippen molar-refractivity contribution >= 4 is 23.6 Å². The van der Waals surface area contributed by atoms with Gasteiger partial charge in [0.1, 0.15) is 23.8 Å². The molecule has 0 amide bonds. The van der Waals surface area contributed by atoms with Crippen molar-refractivity contribution in [2.75, 3.05) is 0 Å². The van der Waals surface area contributed by atoms with E-state index in [0.29, 0.717) is 31.6 Å². The molecule has 0 aromatic carbocycles. The molecule has 0 bridgehead atoms. The number of epoxide rings is 1. The summed E-state index contributed by atoms with van der Waals surface area (Å²) in [6.07, 6.45) is 7.26. The van der Waals surface area contributed by atoms with Crippen molar-refractivity contribution in [1.29, 1.82) is 0 Å². The Labute approximate surface area is 209 Å². The quantitative estimate of drug-likeness (QED) is 0.302. The molecule has 0 N–H and O–H groups in total. The largest absolute Gasteiger partial charge is 0.356 e. The minimum atomic E-state index is -0.816. The van der Waals surface area contributed by atoms with Crippen LogP contribution in [0.4, 0.5) is 0 Å². The lowest BCUT2D eigenvalue weighted by Crippen LogP contribution is -2.69. The third-order valence-electron chi connectivity index (χ3n) is 11.9. The highest BCUT2D eigenvalue weighted by Crippen LogP contribution is 2.78. The summed E-state index contributed by atoms with van der Waals surface area (Å²) in [5.41, 5.74) is -1.77. The predicted molar refractivity (Wildman–Crippen MR) is 133 cm³/mol. The van der Waals surface area contributed by atoms with E-state index in [1.807, 2.05) is 27.7 Å². The third kappa shape index (κ3) is 2.85. The van der Waals surface area contributed by atoms with Gasteiger partial charge in [0.2, 0.25) is 0 Å². The van der Waals surface area contributed by atoms with Gasteiger partial charge in [0.05, 0.1) is 5.41 Å². The van der Waals surface area contributed by atoms with Crippen LogP contribution < -0.4 is 0 Å². The van der Waals surface area contributed by atoms with Gasteiger partial charge in [0, 0.05) is 30.1 Å². The number of carbonyl (C=O) groups excluding carboxylic acids is 4. The standard InChI is InChI=1S/C30H42O5/c1-17(2)14-19(32)15-18(3)20-10-11-28(7)24-23(34)25-30(35-25)21(8-9-22(33)26(30,4)5)29(24,16-31)13-12-27(20,28)6/h14,16,18,20-21,24-25H,8-13,15H2,1-7H3. The van der Waals surface area contributed by atoms with Gasteiger partial charge in [0.25, 0.3) is 0 Å². The molecule has 1 heterocycles. The summed E-state index contributed by atoms with van der Waals surface area (Å²) in [5.74, 6) is 0.443. The SMILES string of the molecule is CC(C)=CC(=O)CC(C)C1CCC2(C)C3C(=O)C4OC45C(CCC(=O)C5(C)C)C3(C=O)CCC12C. The van der Waals surface area contributed by atoms with Gasteiger partial charge in [-0.1, -0.05) is 26.3 Å². The fourth-order valence-electron chi connectivity index (χ4n) is 10.0. The zero-order valence-corrected chi connectivity index (χ0v) is 22.5. The first-order chi connectivity index (χ1) is 16.2. The molecule has 5 aliphatic rings. The topological polar surface area (TPSA) is 80.8 Å². The van der Waals surface area contributed by atoms with E-state index < -0.39 is 22.5 Å². The van der Waals surface area contributed by atoms with E-state index in [1.54, 1.807) is 6.08 Å². The normalized spacial score (nSPS) is 48.1. The maximum Gasteiger partial charge on any atom is 0.169 e. The van der Waals surface area contributed by atoms with E-state index >= 15 is 0 Å². The first kappa shape index (κ1) is 25.0. The Balaban J connectivity index is 1.53. The van der Waals surface area contributed by atoms with Crippen LogP contribution in [0.1, 0.15) is 93.4 Å². The van der Waals surface area contributed by atoms with E-state index in [0.717, 1.165) is 31.1 Å². The van der Waals surface area contributed by atoms with Crippen LogP contribution in [-0.2, 0) is 23.9 Å². The van der Waals surface area contributed by atoms with Gasteiger partial charge >= 0.3 is 0 Å². The Morgan fingerprint density at radius 2 is 1.74 bits per heavy atom. The molecule has 1 saturated heterocycles. The average Bonchev–Trinajstić information content (AvgIpc) is 3.45. The number of carbonyl (C=O) groups is 4. The third-order valence-corrected chi connectivity index (χ3v) is 11.9. The zero-order chi connectivity index (χ0) is 25.8. The van der Waals surface area contributed by atoms with Gasteiger partial charge in [-0.2, -0.15) is 0 Å². The summed E-state index contributed by atoms with van der Waals surface area (Å²) < 4.78 is 6.30. The van der Waals surface area contributed by atoms with E-state index in [1.165, 1.54) is 0 Å². The Bertz CT molecular complexity index is 1040. The Hall–Kier alpha value is -1.62. The van der Waals surface area contributed by atoms with Gasteiger partial charge in [-0.3, -0.25) is 14.4 Å². The van der Waals surface area contributed by atoms with Crippen LogP contribution in [-0.4, -0.2) is 35.3 Å². The molecular weight excluding hydrogens is 440 g/mol. The molecular formula is C30H42O5. The van der Waals surface area contributed by atoms with E-state index in [9.17, 15) is 19.2 Å². The fourth-order valence-corrected chi connectivity index (χ4v) is 10.0. The molecule has 5 nitrogen and oxygen atoms in total. The number of allylic oxidation sites excluding steroid dienone is 2. The van der Waals surface area contributed by atoms with E-state index in [2.05, 4.69) is 20.8 Å². The summed E-state index contributed by atoms with van der Waals surface area (Å²) in [5, 5.41) is 0. The van der Waals surface area contributed by atoms with Gasteiger partial charge in [-0.15, -0.1) is 0 Å². The smallest absolute Gasteiger partial charge is 0.169 e. The molecule has 0 radical (unpaired) electrons. The molecule has 9 atom stereocenters. The molecule has 5 heteroatoms. The summed E-state index contributed by atoms with van der Waals surface area (Å²) >= 11 is 0. The maximum atomic E-state index is 14.2. The second-order valence-electron chi connectivity index (χ2n) is 13.8. The highest BCUT2D eigenvalue weighted by Gasteiger charge is 2.85. The highest BCUT2D eigenvalue weighted by molar-refractivity contribution is 5.99. The molecule has 5 fully saturated rings. The van der Waals surface area contributed by atoms with Crippen molar-refractivity contribution in [2.45, 2.75) is 105 Å². The first-order valence-corrected chi connectivity index (χ1v) is 13.6. The Morgan fingerprint density at radius 3 is 2.37 bits per heavy atom. The van der Waals surface area contributed by atoms with Gasteiger partial charge in [-0.05, 0) is 88.5 Å². The number of Topliss-reactive ketones (excluding diaryl/α,β-unsaturated/α-hetero) is 2. The number of rotatable bonds is 5. The van der Waals surface area contributed by atoms with Crippen molar-refractivity contribution in [3.8, 4) is 0 Å². The lowest BCUT2D eigenvalue weighted by Gasteiger charge is -2.64. The molecule has 192 valence electrons. The van der Waals surface area contributed by atoms with Crippen molar-refractivity contribution in [3.63, 3.8) is 0 Å². The van der Waals surface area contributed by atoms with E-state index in [-0.39, 0.29) is 45.9 Å². The Morgan fingerprint density at radius 1 is 1.06 bits per heavy atom. The average molecular weight is 483 g/mol. The number of ketones is 3. The number of ether oxygens (including phenoxy) is 1. The number of hydrogen-bond donors (Lipinski definition) is 0. The van der Waals surface area contributed by atoms with Crippen LogP contribution >= 0.6 is 0 Å². The van der Waals surface area contributed by atoms with Crippen LogP contribution in [0.15, 0.2) is 11.6 Å². The van der Waals surface area contributed by atoms with Crippen LogP contribution in [0.25, 0.3) is 0 Å². The van der Waals surface area contributed by atoms with Gasteiger partial charge < -0.3 is 9.53 Å². The molecule has 1 spiro atoms. The monoisotopic (exact) mass is 482 g/mol. The summed E-state index contributed by atoms with van der Waals surface area (Å²) in [6.45, 7) is 14.5. The van der Waals surface area contributed by atoms with E-state index in [4.69, 9.17) is 4.74 Å². The number of hydrogen-bond acceptors (Lipinski definition) is 5. The predicted octanol–water partition coefficient (Wildman–Crippen LogP) is 5.29. The van der Waals surface area contributed by atoms with Crippen LogP contribution in [0.5, 0.6) is 0 Å². The molecule has 4 aliphatic carbocycles. The molecule has 5 rings (SSSR count). The second kappa shape index (κ2) is 7.46. The maximum absolute atomic E-state index is 14.2. The molecule has 4 saturated carbocycles. The van der Waals surface area contributed by atoms with Crippen molar-refractivity contribution in [2.24, 2.45) is 45.3 Å². The Kier molecular flexibility index (Phi) is 5.34. The van der Waals surface area contributed by atoms with Crippen LogP contribution in [0.2, 0.25) is 0 Å². The van der Waals surface area contributed by atoms with Crippen LogP contribution in [0.3, 0.4) is 0 Å². The van der Waals surface area contributed by atoms with Crippen LogP contribution in [0, 0.1) is 45.3 Å². The van der Waals surface area contributed by atoms with Crippen molar-refractivity contribution in [1.82, 2.24) is 0 Å². The molecule has 1 aliphatic heterocycles. The fraction of sp³-hybridized carbons (Fsp3) is 0.800. The first-order valence-electron chi connectivity index (χ1n) is 13.6. The van der Waals surface area contributed by atoms with Crippen molar-refractivity contribution < 1.29 is 23.9 Å². The van der Waals surface area contributed by atoms with Gasteiger partial charge in [-0.25, -0.2) is 0 Å². The summed E-state index contributed by atoms with van der Waals surface area (Å²) in [4.78, 5) is 52.9. The van der Waals surface area contributed by atoms with Crippen molar-refractivity contribution in [3.05, 3.63) is 11.6 Å². The summed E-state index contributed by atoms with van der Waals surface area (Å²) in [7, 11) is 0. The number of fused-ring (bicyclic) bond motifs is 4. The molecule has 35 heavy (non-hydrogen) atoms. The molecule has 9 unspecified atom stereocenters. The lowest BCUT2D eigenvalue weighted by atomic mass is 9.36. The minimum Gasteiger partial charge on any atom is -0.356 e. The number of aldehydes is 1. The van der Waals surface area contributed by atoms with Gasteiger partial charge in [0.15, 0.2) is 11.6 Å².